The molecule has 1 amide bonds. The molecule has 7 heteroatoms. The van der Waals surface area contributed by atoms with Gasteiger partial charge in [-0.15, -0.1) is 0 Å². The number of hydrogen-bond donors (Lipinski definition) is 1. The Morgan fingerprint density at radius 1 is 1.43 bits per heavy atom. The predicted molar refractivity (Wildman–Crippen MR) is 84.2 cm³/mol. The maximum atomic E-state index is 13.3. The van der Waals surface area contributed by atoms with Gasteiger partial charge in [0.15, 0.2) is 5.82 Å². The summed E-state index contributed by atoms with van der Waals surface area (Å²) < 4.78 is 18.6. The average Bonchev–Trinajstić information content (AvgIpc) is 3.32. The molecule has 120 valence electrons. The molecule has 1 heterocycles. The Bertz CT molecular complexity index is 750. The summed E-state index contributed by atoms with van der Waals surface area (Å²) in [5.41, 5.74) is 0.0241. The second-order valence-electron chi connectivity index (χ2n) is 5.34. The van der Waals surface area contributed by atoms with E-state index < -0.39 is 11.2 Å². The molecule has 0 unspecified atom stereocenters. The molecule has 1 saturated carbocycles. The number of rotatable bonds is 5. The smallest absolute Gasteiger partial charge is 0.236 e. The summed E-state index contributed by atoms with van der Waals surface area (Å²) in [6.07, 6.45) is 4.29. The largest absolute Gasteiger partial charge is 0.477 e. The molecule has 0 radical (unpaired) electrons. The molecule has 0 bridgehead atoms. The highest BCUT2D eigenvalue weighted by Gasteiger charge is 2.51. The molecule has 1 fully saturated rings. The van der Waals surface area contributed by atoms with Crippen LogP contribution in [0, 0.1) is 5.82 Å². The van der Waals surface area contributed by atoms with Crippen LogP contribution in [-0.2, 0) is 10.2 Å². The molecule has 0 saturated heterocycles. The van der Waals surface area contributed by atoms with Gasteiger partial charge < -0.3 is 10.1 Å². The summed E-state index contributed by atoms with van der Waals surface area (Å²) in [6.45, 7) is 2.30. The predicted octanol–water partition coefficient (Wildman–Crippen LogP) is 3.34. The van der Waals surface area contributed by atoms with Gasteiger partial charge in [-0.2, -0.15) is 4.98 Å². The van der Waals surface area contributed by atoms with Crippen molar-refractivity contribution in [3.63, 3.8) is 0 Å². The molecule has 0 spiro atoms. The minimum atomic E-state index is -0.680. The van der Waals surface area contributed by atoms with Crippen LogP contribution in [0.4, 0.5) is 10.2 Å². The lowest BCUT2D eigenvalue weighted by Crippen LogP contribution is -2.28. The van der Waals surface area contributed by atoms with Crippen LogP contribution in [0.1, 0.15) is 25.3 Å². The zero-order valence-electron chi connectivity index (χ0n) is 12.5. The Hall–Kier alpha value is -2.21. The summed E-state index contributed by atoms with van der Waals surface area (Å²) in [7, 11) is 0. The van der Waals surface area contributed by atoms with Crippen molar-refractivity contribution < 1.29 is 13.9 Å². The summed E-state index contributed by atoms with van der Waals surface area (Å²) in [4.78, 5) is 20.8. The number of aromatic nitrogens is 2. The van der Waals surface area contributed by atoms with Crippen LogP contribution in [0.5, 0.6) is 5.88 Å². The lowest BCUT2D eigenvalue weighted by atomic mass is 9.95. The summed E-state index contributed by atoms with van der Waals surface area (Å²) in [5.74, 6) is -0.0366. The van der Waals surface area contributed by atoms with E-state index >= 15 is 0 Å². The fraction of sp³-hybridized carbons (Fsp3) is 0.312. The van der Waals surface area contributed by atoms with Crippen molar-refractivity contribution >= 4 is 23.3 Å². The van der Waals surface area contributed by atoms with Gasteiger partial charge in [-0.3, -0.25) is 9.78 Å². The first-order valence-corrected chi connectivity index (χ1v) is 7.65. The molecular formula is C16H15ClFN3O2. The maximum Gasteiger partial charge on any atom is 0.236 e. The number of anilines is 1. The minimum absolute atomic E-state index is 0.0136. The van der Waals surface area contributed by atoms with Gasteiger partial charge in [-0.05, 0) is 37.5 Å². The van der Waals surface area contributed by atoms with Gasteiger partial charge in [0.25, 0.3) is 0 Å². The van der Waals surface area contributed by atoms with Gasteiger partial charge in [0.05, 0.1) is 29.4 Å². The minimum Gasteiger partial charge on any atom is -0.477 e. The number of halogens is 2. The molecule has 1 aromatic heterocycles. The molecule has 23 heavy (non-hydrogen) atoms. The first-order valence-electron chi connectivity index (χ1n) is 7.27. The zero-order valence-corrected chi connectivity index (χ0v) is 13.2. The number of nitrogens with one attached hydrogen (secondary N) is 1. The third kappa shape index (κ3) is 3.12. The fourth-order valence-corrected chi connectivity index (χ4v) is 2.61. The molecule has 3 rings (SSSR count). The van der Waals surface area contributed by atoms with Gasteiger partial charge in [0, 0.05) is 0 Å². The first kappa shape index (κ1) is 15.7. The van der Waals surface area contributed by atoms with Crippen molar-refractivity contribution in [2.45, 2.75) is 25.2 Å². The van der Waals surface area contributed by atoms with Crippen molar-refractivity contribution in [2.75, 3.05) is 11.9 Å². The Balaban J connectivity index is 1.80. The lowest BCUT2D eigenvalue weighted by Gasteiger charge is -2.16. The number of amides is 1. The SMILES string of the molecule is CCOc1cncc(NC(=O)C2(c3ccc(F)c(Cl)c3)CC2)n1. The van der Waals surface area contributed by atoms with E-state index in [1.165, 1.54) is 24.5 Å². The normalized spacial score (nSPS) is 15.1. The summed E-state index contributed by atoms with van der Waals surface area (Å²) in [6, 6.07) is 4.38. The van der Waals surface area contributed by atoms with Crippen LogP contribution in [0.15, 0.2) is 30.6 Å². The lowest BCUT2D eigenvalue weighted by molar-refractivity contribution is -0.118. The van der Waals surface area contributed by atoms with E-state index in [0.717, 1.165) is 0 Å². The second-order valence-corrected chi connectivity index (χ2v) is 5.75. The third-order valence-corrected chi connectivity index (χ3v) is 4.09. The quantitative estimate of drug-likeness (QED) is 0.910. The van der Waals surface area contributed by atoms with Crippen LogP contribution in [0.3, 0.4) is 0 Å². The van der Waals surface area contributed by atoms with Crippen LogP contribution in [0.2, 0.25) is 5.02 Å². The van der Waals surface area contributed by atoms with Crippen LogP contribution < -0.4 is 10.1 Å². The van der Waals surface area contributed by atoms with Crippen LogP contribution in [-0.4, -0.2) is 22.5 Å². The zero-order chi connectivity index (χ0) is 16.4. The third-order valence-electron chi connectivity index (χ3n) is 3.80. The van der Waals surface area contributed by atoms with Crippen LogP contribution in [0.25, 0.3) is 0 Å². The van der Waals surface area contributed by atoms with Gasteiger partial charge in [-0.1, -0.05) is 17.7 Å². The van der Waals surface area contributed by atoms with Crippen LogP contribution >= 0.6 is 11.6 Å². The first-order chi connectivity index (χ1) is 11.0. The molecule has 1 aliphatic rings. The Kier molecular flexibility index (Phi) is 4.17. The highest BCUT2D eigenvalue weighted by Crippen LogP contribution is 2.49. The van der Waals surface area contributed by atoms with Crippen molar-refractivity contribution in [2.24, 2.45) is 0 Å². The molecule has 1 aromatic carbocycles. The van der Waals surface area contributed by atoms with E-state index in [-0.39, 0.29) is 10.9 Å². The van der Waals surface area contributed by atoms with Gasteiger partial charge in [0.1, 0.15) is 5.82 Å². The highest BCUT2D eigenvalue weighted by atomic mass is 35.5. The molecule has 0 atom stereocenters. The monoisotopic (exact) mass is 335 g/mol. The Morgan fingerprint density at radius 2 is 2.22 bits per heavy atom. The fourth-order valence-electron chi connectivity index (χ4n) is 2.43. The number of ether oxygens (including phenoxy) is 1. The highest BCUT2D eigenvalue weighted by molar-refractivity contribution is 6.30. The number of benzene rings is 1. The van der Waals surface area contributed by atoms with E-state index in [4.69, 9.17) is 16.3 Å². The molecule has 0 aliphatic heterocycles. The number of carbonyl (C=O) groups excluding carboxylic acids is 1. The number of nitrogens with zero attached hydrogens (tertiary/aromatic N) is 2. The van der Waals surface area contributed by atoms with E-state index in [0.29, 0.717) is 36.7 Å². The van der Waals surface area contributed by atoms with E-state index in [9.17, 15) is 9.18 Å². The topological polar surface area (TPSA) is 64.1 Å². The van der Waals surface area contributed by atoms with Gasteiger partial charge in [0.2, 0.25) is 11.8 Å². The van der Waals surface area contributed by atoms with Crippen molar-refractivity contribution in [1.29, 1.82) is 0 Å². The molecular weight excluding hydrogens is 321 g/mol. The summed E-state index contributed by atoms with van der Waals surface area (Å²) >= 11 is 5.82. The molecule has 5 nitrogen and oxygen atoms in total. The van der Waals surface area contributed by atoms with Crippen molar-refractivity contribution in [3.05, 3.63) is 47.0 Å². The Morgan fingerprint density at radius 3 is 2.87 bits per heavy atom. The van der Waals surface area contributed by atoms with Gasteiger partial charge in [-0.25, -0.2) is 4.39 Å². The molecule has 1 aliphatic carbocycles. The summed E-state index contributed by atoms with van der Waals surface area (Å²) in [5, 5.41) is 2.76. The van der Waals surface area contributed by atoms with E-state index in [1.807, 2.05) is 6.92 Å². The maximum absolute atomic E-state index is 13.3. The second kappa shape index (κ2) is 6.12. The Labute approximate surface area is 137 Å². The number of hydrogen-bond acceptors (Lipinski definition) is 4. The number of carbonyl (C=O) groups is 1. The molecule has 1 N–H and O–H groups in total. The van der Waals surface area contributed by atoms with E-state index in [1.54, 1.807) is 6.07 Å². The molecule has 2 aromatic rings. The van der Waals surface area contributed by atoms with Crippen molar-refractivity contribution in [3.8, 4) is 5.88 Å². The standard InChI is InChI=1S/C16H15ClFN3O2/c1-2-23-14-9-19-8-13(20-14)21-15(22)16(5-6-16)10-3-4-12(18)11(17)7-10/h3-4,7-9H,2,5-6H2,1H3,(H,20,21,22). The average molecular weight is 336 g/mol. The van der Waals surface area contributed by atoms with Gasteiger partial charge >= 0.3 is 0 Å². The van der Waals surface area contributed by atoms with Crippen molar-refractivity contribution in [1.82, 2.24) is 9.97 Å². The van der Waals surface area contributed by atoms with E-state index in [2.05, 4.69) is 15.3 Å².